The second-order valence-corrected chi connectivity index (χ2v) is 2.92. The molecule has 7 heteroatoms. The smallest absolute Gasteiger partial charge is 0.184 e. The van der Waals surface area contributed by atoms with E-state index < -0.39 is 0 Å². The van der Waals surface area contributed by atoms with Crippen LogP contribution in [0.5, 0.6) is 0 Å². The molecule has 2 aromatic rings. The summed E-state index contributed by atoms with van der Waals surface area (Å²) in [4.78, 5) is 8.49. The Balaban J connectivity index is 2.47. The van der Waals surface area contributed by atoms with Gasteiger partial charge in [0.05, 0.1) is 6.20 Å². The van der Waals surface area contributed by atoms with Crippen molar-refractivity contribution in [2.75, 3.05) is 5.43 Å². The zero-order valence-electron chi connectivity index (χ0n) is 8.23. The van der Waals surface area contributed by atoms with Gasteiger partial charge in [0.2, 0.25) is 0 Å². The van der Waals surface area contributed by atoms with Gasteiger partial charge in [-0.15, -0.1) is 0 Å². The number of anilines is 1. The summed E-state index contributed by atoms with van der Waals surface area (Å²) in [6.07, 6.45) is 2.37. The zero-order valence-corrected chi connectivity index (χ0v) is 8.23. The Morgan fingerprint density at radius 2 is 2.33 bits per heavy atom. The average Bonchev–Trinajstić information content (AvgIpc) is 2.81. The minimum atomic E-state index is 0.510. The Morgan fingerprint density at radius 3 is 2.93 bits per heavy atom. The molecule has 0 fully saturated rings. The molecule has 0 amide bonds. The van der Waals surface area contributed by atoms with Crippen LogP contribution in [0.2, 0.25) is 0 Å². The zero-order chi connectivity index (χ0) is 10.7. The van der Waals surface area contributed by atoms with Crippen molar-refractivity contribution < 1.29 is 0 Å². The van der Waals surface area contributed by atoms with Crippen molar-refractivity contribution in [2.24, 2.45) is 5.84 Å². The number of hydrogen-bond donors (Lipinski definition) is 3. The minimum absolute atomic E-state index is 0.510. The number of aromatic amines is 1. The molecular weight excluding hydrogens is 194 g/mol. The molecule has 0 aliphatic heterocycles. The molecule has 0 atom stereocenters. The molecule has 0 unspecified atom stereocenters. The third kappa shape index (κ3) is 1.91. The van der Waals surface area contributed by atoms with E-state index in [-0.39, 0.29) is 0 Å². The normalized spacial score (nSPS) is 10.3. The summed E-state index contributed by atoms with van der Waals surface area (Å²) in [7, 11) is 0. The third-order valence-corrected chi connectivity index (χ3v) is 1.93. The molecule has 78 valence electrons. The predicted molar refractivity (Wildman–Crippen MR) is 54.6 cm³/mol. The number of nitrogens with zero attached hydrogens (tertiary/aromatic N) is 4. The Labute approximate surface area is 86.1 Å². The molecule has 0 aromatic carbocycles. The fraction of sp³-hybridized carbons (Fsp3) is 0.250. The van der Waals surface area contributed by atoms with Gasteiger partial charge in [0.1, 0.15) is 11.5 Å². The van der Waals surface area contributed by atoms with Gasteiger partial charge in [-0.25, -0.2) is 15.8 Å². The minimum Gasteiger partial charge on any atom is -0.308 e. The molecule has 15 heavy (non-hydrogen) atoms. The average molecular weight is 205 g/mol. The number of hydrogen-bond acceptors (Lipinski definition) is 6. The number of rotatable bonds is 3. The van der Waals surface area contributed by atoms with E-state index in [1.807, 2.05) is 6.92 Å². The van der Waals surface area contributed by atoms with Crippen molar-refractivity contribution in [1.82, 2.24) is 25.4 Å². The van der Waals surface area contributed by atoms with E-state index in [4.69, 9.17) is 5.84 Å². The van der Waals surface area contributed by atoms with Crippen molar-refractivity contribution in [1.29, 1.82) is 0 Å². The Morgan fingerprint density at radius 1 is 1.47 bits per heavy atom. The van der Waals surface area contributed by atoms with Gasteiger partial charge < -0.3 is 5.43 Å². The lowest BCUT2D eigenvalue weighted by Gasteiger charge is -2.03. The lowest BCUT2D eigenvalue weighted by Crippen LogP contribution is -2.10. The van der Waals surface area contributed by atoms with Crippen LogP contribution in [-0.4, -0.2) is 25.4 Å². The summed E-state index contributed by atoms with van der Waals surface area (Å²) in [5.41, 5.74) is 3.99. The van der Waals surface area contributed by atoms with Crippen LogP contribution in [0.25, 0.3) is 11.5 Å². The SMILES string of the molecule is CCc1cc(NN)nc(-c2cn[nH]n2)n1. The van der Waals surface area contributed by atoms with E-state index in [9.17, 15) is 0 Å². The monoisotopic (exact) mass is 205 g/mol. The number of nitrogen functional groups attached to an aromatic ring is 1. The lowest BCUT2D eigenvalue weighted by molar-refractivity contribution is 0.933. The van der Waals surface area contributed by atoms with Crippen LogP contribution in [-0.2, 0) is 6.42 Å². The van der Waals surface area contributed by atoms with Crippen molar-refractivity contribution in [3.8, 4) is 11.5 Å². The highest BCUT2D eigenvalue weighted by molar-refractivity contribution is 5.51. The van der Waals surface area contributed by atoms with Gasteiger partial charge in [0.25, 0.3) is 0 Å². The maximum atomic E-state index is 5.31. The van der Waals surface area contributed by atoms with Gasteiger partial charge in [-0.2, -0.15) is 15.4 Å². The van der Waals surface area contributed by atoms with Crippen LogP contribution in [0, 0.1) is 0 Å². The van der Waals surface area contributed by atoms with Gasteiger partial charge in [-0.05, 0) is 6.42 Å². The molecule has 0 radical (unpaired) electrons. The van der Waals surface area contributed by atoms with Gasteiger partial charge in [-0.3, -0.25) is 0 Å². The predicted octanol–water partition coefficient (Wildman–Crippen LogP) is 0.110. The molecule has 0 spiro atoms. The summed E-state index contributed by atoms with van der Waals surface area (Å²) in [6, 6.07) is 1.80. The fourth-order valence-electron chi connectivity index (χ4n) is 1.18. The number of aryl methyl sites for hydroxylation is 1. The highest BCUT2D eigenvalue weighted by atomic mass is 15.3. The van der Waals surface area contributed by atoms with E-state index in [2.05, 4.69) is 30.8 Å². The third-order valence-electron chi connectivity index (χ3n) is 1.93. The van der Waals surface area contributed by atoms with Gasteiger partial charge in [0, 0.05) is 11.8 Å². The van der Waals surface area contributed by atoms with E-state index in [0.717, 1.165) is 12.1 Å². The molecular formula is C8H11N7. The highest BCUT2D eigenvalue weighted by Crippen LogP contribution is 2.14. The molecule has 7 nitrogen and oxygen atoms in total. The number of nitrogens with two attached hydrogens (primary N) is 1. The highest BCUT2D eigenvalue weighted by Gasteiger charge is 2.07. The van der Waals surface area contributed by atoms with Crippen LogP contribution in [0.3, 0.4) is 0 Å². The quantitative estimate of drug-likeness (QED) is 0.485. The molecule has 2 heterocycles. The molecule has 0 aliphatic carbocycles. The van der Waals surface area contributed by atoms with Crippen molar-refractivity contribution >= 4 is 5.82 Å². The number of hydrazine groups is 1. The fourth-order valence-corrected chi connectivity index (χ4v) is 1.18. The topological polar surface area (TPSA) is 105 Å². The Hall–Kier alpha value is -2.02. The second kappa shape index (κ2) is 4.01. The van der Waals surface area contributed by atoms with Crippen LogP contribution >= 0.6 is 0 Å². The van der Waals surface area contributed by atoms with E-state index in [1.165, 1.54) is 0 Å². The van der Waals surface area contributed by atoms with Crippen LogP contribution in [0.15, 0.2) is 12.3 Å². The van der Waals surface area contributed by atoms with Crippen LogP contribution in [0.1, 0.15) is 12.6 Å². The standard InChI is InChI=1S/C8H11N7/c1-2-5-3-7(13-9)12-8(11-5)6-4-10-15-14-6/h3-4H,2,9H2,1H3,(H,10,14,15)(H,11,12,13). The van der Waals surface area contributed by atoms with Crippen LogP contribution < -0.4 is 11.3 Å². The maximum Gasteiger partial charge on any atom is 0.184 e. The number of H-pyrrole nitrogens is 1. The summed E-state index contributed by atoms with van der Waals surface area (Å²) < 4.78 is 0. The molecule has 0 saturated carbocycles. The molecule has 2 rings (SSSR count). The number of nitrogens with one attached hydrogen (secondary N) is 2. The first-order valence-corrected chi connectivity index (χ1v) is 4.54. The van der Waals surface area contributed by atoms with E-state index in [1.54, 1.807) is 12.3 Å². The Kier molecular flexibility index (Phi) is 2.55. The second-order valence-electron chi connectivity index (χ2n) is 2.92. The van der Waals surface area contributed by atoms with Gasteiger partial charge in [-0.1, -0.05) is 6.92 Å². The summed E-state index contributed by atoms with van der Waals surface area (Å²) >= 11 is 0. The first-order valence-electron chi connectivity index (χ1n) is 4.54. The van der Waals surface area contributed by atoms with E-state index >= 15 is 0 Å². The largest absolute Gasteiger partial charge is 0.308 e. The summed E-state index contributed by atoms with van der Waals surface area (Å²) in [5, 5.41) is 10.1. The maximum absolute atomic E-state index is 5.31. The van der Waals surface area contributed by atoms with Gasteiger partial charge >= 0.3 is 0 Å². The first-order chi connectivity index (χ1) is 7.33. The van der Waals surface area contributed by atoms with Gasteiger partial charge in [0.15, 0.2) is 5.82 Å². The molecule has 2 aromatic heterocycles. The van der Waals surface area contributed by atoms with Crippen molar-refractivity contribution in [3.05, 3.63) is 18.0 Å². The van der Waals surface area contributed by atoms with Crippen LogP contribution in [0.4, 0.5) is 5.82 Å². The molecule has 4 N–H and O–H groups in total. The molecule has 0 saturated heterocycles. The summed E-state index contributed by atoms with van der Waals surface area (Å²) in [5.74, 6) is 6.39. The lowest BCUT2D eigenvalue weighted by atomic mass is 10.3. The number of aromatic nitrogens is 5. The van der Waals surface area contributed by atoms with Crippen molar-refractivity contribution in [3.63, 3.8) is 0 Å². The van der Waals surface area contributed by atoms with Crippen molar-refractivity contribution in [2.45, 2.75) is 13.3 Å². The van der Waals surface area contributed by atoms with E-state index in [0.29, 0.717) is 17.3 Å². The first kappa shape index (κ1) is 9.53. The summed E-state index contributed by atoms with van der Waals surface area (Å²) in [6.45, 7) is 2.01. The molecule has 0 bridgehead atoms. The molecule has 0 aliphatic rings. The Bertz CT molecular complexity index is 414.